The van der Waals surface area contributed by atoms with E-state index in [1.54, 1.807) is 0 Å². The predicted octanol–water partition coefficient (Wildman–Crippen LogP) is 0.721. The predicted molar refractivity (Wildman–Crippen MR) is 68.4 cm³/mol. The standard InChI is InChI=1S/C11H14ClNO4S/c1-13(6-7-14)18(16,17)10-4-2-9(3-5-10)11(15)8-12/h2-5,14H,6-8H2,1H3. The summed E-state index contributed by atoms with van der Waals surface area (Å²) in [5.41, 5.74) is 0.369. The third-order valence-electron chi connectivity index (χ3n) is 2.42. The van der Waals surface area contributed by atoms with Gasteiger partial charge in [0.15, 0.2) is 5.78 Å². The maximum Gasteiger partial charge on any atom is 0.242 e. The molecule has 5 nitrogen and oxygen atoms in total. The Morgan fingerprint density at radius 1 is 1.33 bits per heavy atom. The second-order valence-corrected chi connectivity index (χ2v) is 5.94. The van der Waals surface area contributed by atoms with Crippen molar-refractivity contribution in [1.29, 1.82) is 0 Å². The fourth-order valence-corrected chi connectivity index (χ4v) is 2.65. The number of sulfonamides is 1. The number of aliphatic hydroxyl groups is 1. The number of carbonyl (C=O) groups excluding carboxylic acids is 1. The van der Waals surface area contributed by atoms with Gasteiger partial charge in [-0.3, -0.25) is 4.79 Å². The second-order valence-electron chi connectivity index (χ2n) is 3.63. The number of ketones is 1. The molecule has 0 aromatic heterocycles. The number of carbonyl (C=O) groups is 1. The van der Waals surface area contributed by atoms with E-state index < -0.39 is 10.0 Å². The highest BCUT2D eigenvalue weighted by atomic mass is 35.5. The van der Waals surface area contributed by atoms with Crippen molar-refractivity contribution in [2.75, 3.05) is 26.1 Å². The van der Waals surface area contributed by atoms with Gasteiger partial charge in [-0.2, -0.15) is 4.31 Å². The summed E-state index contributed by atoms with van der Waals surface area (Å²) < 4.78 is 25.0. The zero-order valence-electron chi connectivity index (χ0n) is 9.84. The van der Waals surface area contributed by atoms with E-state index in [1.165, 1.54) is 31.3 Å². The second kappa shape index (κ2) is 6.29. The summed E-state index contributed by atoms with van der Waals surface area (Å²) in [6, 6.07) is 5.54. The first-order valence-corrected chi connectivity index (χ1v) is 7.17. The topological polar surface area (TPSA) is 74.7 Å². The van der Waals surface area contributed by atoms with E-state index in [9.17, 15) is 13.2 Å². The van der Waals surface area contributed by atoms with Crippen LogP contribution in [0.2, 0.25) is 0 Å². The third kappa shape index (κ3) is 3.29. The van der Waals surface area contributed by atoms with Crippen LogP contribution in [-0.4, -0.2) is 49.7 Å². The summed E-state index contributed by atoms with van der Waals surface area (Å²) in [5, 5.41) is 8.73. The van der Waals surface area contributed by atoms with Crippen LogP contribution in [0.25, 0.3) is 0 Å². The van der Waals surface area contributed by atoms with Crippen molar-refractivity contribution in [2.24, 2.45) is 0 Å². The van der Waals surface area contributed by atoms with E-state index in [0.717, 1.165) is 4.31 Å². The Hall–Kier alpha value is -0.950. The quantitative estimate of drug-likeness (QED) is 0.619. The number of nitrogens with zero attached hydrogens (tertiary/aromatic N) is 1. The Bertz CT molecular complexity index is 512. The number of aliphatic hydroxyl groups excluding tert-OH is 1. The Kier molecular flexibility index (Phi) is 5.28. The molecule has 0 saturated carbocycles. The van der Waals surface area contributed by atoms with E-state index in [0.29, 0.717) is 5.56 Å². The van der Waals surface area contributed by atoms with Gasteiger partial charge in [0.05, 0.1) is 17.4 Å². The van der Waals surface area contributed by atoms with Gasteiger partial charge in [-0.05, 0) is 12.1 Å². The monoisotopic (exact) mass is 291 g/mol. The molecule has 0 fully saturated rings. The van der Waals surface area contributed by atoms with Crippen molar-refractivity contribution in [2.45, 2.75) is 4.90 Å². The molecule has 1 aromatic rings. The molecule has 0 aliphatic heterocycles. The van der Waals surface area contributed by atoms with Gasteiger partial charge in [0.25, 0.3) is 0 Å². The molecule has 100 valence electrons. The lowest BCUT2D eigenvalue weighted by Gasteiger charge is -2.15. The summed E-state index contributed by atoms with van der Waals surface area (Å²) >= 11 is 5.40. The minimum atomic E-state index is -3.62. The number of hydrogen-bond donors (Lipinski definition) is 1. The summed E-state index contributed by atoms with van der Waals surface area (Å²) in [6.45, 7) is -0.233. The number of alkyl halides is 1. The summed E-state index contributed by atoms with van der Waals surface area (Å²) in [4.78, 5) is 11.4. The van der Waals surface area contributed by atoms with Crippen molar-refractivity contribution in [1.82, 2.24) is 4.31 Å². The lowest BCUT2D eigenvalue weighted by atomic mass is 10.1. The fraction of sp³-hybridized carbons (Fsp3) is 0.364. The first-order chi connectivity index (χ1) is 8.43. The maximum atomic E-state index is 12.0. The smallest absolute Gasteiger partial charge is 0.242 e. The van der Waals surface area contributed by atoms with Gasteiger partial charge in [-0.25, -0.2) is 8.42 Å². The highest BCUT2D eigenvalue weighted by Gasteiger charge is 2.20. The van der Waals surface area contributed by atoms with Crippen LogP contribution < -0.4 is 0 Å². The molecule has 1 aromatic carbocycles. The largest absolute Gasteiger partial charge is 0.395 e. The van der Waals surface area contributed by atoms with Crippen molar-refractivity contribution < 1.29 is 18.3 Å². The molecule has 7 heteroatoms. The van der Waals surface area contributed by atoms with Crippen LogP contribution in [-0.2, 0) is 10.0 Å². The average Bonchev–Trinajstić information content (AvgIpc) is 2.38. The van der Waals surface area contributed by atoms with E-state index in [1.807, 2.05) is 0 Å². The minimum Gasteiger partial charge on any atom is -0.395 e. The molecular formula is C11H14ClNO4S. The third-order valence-corrected chi connectivity index (χ3v) is 4.53. The highest BCUT2D eigenvalue weighted by molar-refractivity contribution is 7.89. The van der Waals surface area contributed by atoms with Crippen LogP contribution >= 0.6 is 11.6 Å². The lowest BCUT2D eigenvalue weighted by molar-refractivity contribution is 0.102. The van der Waals surface area contributed by atoms with Gasteiger partial charge >= 0.3 is 0 Å². The zero-order valence-corrected chi connectivity index (χ0v) is 11.4. The maximum absolute atomic E-state index is 12.0. The molecule has 0 aliphatic carbocycles. The van der Waals surface area contributed by atoms with Gasteiger partial charge in [0, 0.05) is 19.2 Å². The van der Waals surface area contributed by atoms with E-state index in [-0.39, 0.29) is 29.7 Å². The molecule has 18 heavy (non-hydrogen) atoms. The van der Waals surface area contributed by atoms with Crippen molar-refractivity contribution in [3.63, 3.8) is 0 Å². The molecule has 0 saturated heterocycles. The molecular weight excluding hydrogens is 278 g/mol. The average molecular weight is 292 g/mol. The minimum absolute atomic E-state index is 0.0185. The van der Waals surface area contributed by atoms with Crippen LogP contribution in [0.15, 0.2) is 29.2 Å². The van der Waals surface area contributed by atoms with Crippen LogP contribution in [0.4, 0.5) is 0 Å². The van der Waals surface area contributed by atoms with Gasteiger partial charge in [-0.15, -0.1) is 11.6 Å². The molecule has 0 amide bonds. The number of halogens is 1. The Morgan fingerprint density at radius 3 is 2.33 bits per heavy atom. The molecule has 0 aliphatic rings. The van der Waals surface area contributed by atoms with Crippen molar-refractivity contribution >= 4 is 27.4 Å². The van der Waals surface area contributed by atoms with Crippen LogP contribution in [0, 0.1) is 0 Å². The van der Waals surface area contributed by atoms with E-state index >= 15 is 0 Å². The summed E-state index contributed by atoms with van der Waals surface area (Å²) in [7, 11) is -2.24. The Balaban J connectivity index is 3.01. The molecule has 1 N–H and O–H groups in total. The Labute approximate surface area is 111 Å². The first kappa shape index (κ1) is 15.1. The lowest BCUT2D eigenvalue weighted by Crippen LogP contribution is -2.29. The number of benzene rings is 1. The summed E-state index contributed by atoms with van der Waals surface area (Å²) in [6.07, 6.45) is 0. The molecule has 0 spiro atoms. The summed E-state index contributed by atoms with van der Waals surface area (Å²) in [5.74, 6) is -0.402. The van der Waals surface area contributed by atoms with Gasteiger partial charge < -0.3 is 5.11 Å². The number of Topliss-reactive ketones (excluding diaryl/α,β-unsaturated/α-hetero) is 1. The van der Waals surface area contributed by atoms with Crippen molar-refractivity contribution in [3.05, 3.63) is 29.8 Å². The SMILES string of the molecule is CN(CCO)S(=O)(=O)c1ccc(C(=O)CCl)cc1. The number of likely N-dealkylation sites (N-methyl/N-ethyl adjacent to an activating group) is 1. The van der Waals surface area contributed by atoms with Gasteiger partial charge in [0.2, 0.25) is 10.0 Å². The van der Waals surface area contributed by atoms with E-state index in [2.05, 4.69) is 0 Å². The van der Waals surface area contributed by atoms with E-state index in [4.69, 9.17) is 16.7 Å². The van der Waals surface area contributed by atoms with Crippen molar-refractivity contribution in [3.8, 4) is 0 Å². The Morgan fingerprint density at radius 2 is 1.89 bits per heavy atom. The molecule has 0 heterocycles. The zero-order chi connectivity index (χ0) is 13.8. The molecule has 1 rings (SSSR count). The van der Waals surface area contributed by atoms with Crippen LogP contribution in [0.1, 0.15) is 10.4 Å². The number of rotatable bonds is 6. The van der Waals surface area contributed by atoms with Gasteiger partial charge in [-0.1, -0.05) is 12.1 Å². The molecule has 0 atom stereocenters. The van der Waals surface area contributed by atoms with Gasteiger partial charge in [0.1, 0.15) is 0 Å². The molecule has 0 bridgehead atoms. The van der Waals surface area contributed by atoms with Crippen LogP contribution in [0.5, 0.6) is 0 Å². The number of hydrogen-bond acceptors (Lipinski definition) is 4. The first-order valence-electron chi connectivity index (χ1n) is 5.20. The van der Waals surface area contributed by atoms with Crippen LogP contribution in [0.3, 0.4) is 0 Å². The normalized spacial score (nSPS) is 11.8. The molecule has 0 radical (unpaired) electrons. The molecule has 0 unspecified atom stereocenters. The highest BCUT2D eigenvalue weighted by Crippen LogP contribution is 2.15. The fourth-order valence-electron chi connectivity index (χ4n) is 1.33.